The van der Waals surface area contributed by atoms with Crippen molar-refractivity contribution in [3.05, 3.63) is 59.0 Å². The summed E-state index contributed by atoms with van der Waals surface area (Å²) >= 11 is 3.44. The largest absolute Gasteiger partial charge is 0.485 e. The molecular weight excluding hydrogens is 621 g/mol. The Balaban J connectivity index is 1.27. The zero-order chi connectivity index (χ0) is 32.1. The number of hydrogen-bond acceptors (Lipinski definition) is 6. The summed E-state index contributed by atoms with van der Waals surface area (Å²) < 4.78 is 24.8. The molecule has 4 nitrogen and oxygen atoms in total. The van der Waals surface area contributed by atoms with Crippen LogP contribution in [0.2, 0.25) is 0 Å². The molecule has 6 heteroatoms. The quantitative estimate of drug-likeness (QED) is 0.111. The van der Waals surface area contributed by atoms with Gasteiger partial charge in [-0.3, -0.25) is 0 Å². The van der Waals surface area contributed by atoms with Crippen LogP contribution in [0.4, 0.5) is 0 Å². The summed E-state index contributed by atoms with van der Waals surface area (Å²) in [6.07, 6.45) is 18.3. The highest BCUT2D eigenvalue weighted by molar-refractivity contribution is 7.24. The Morgan fingerprint density at radius 2 is 1.17 bits per heavy atom. The first kappa shape index (κ1) is 32.6. The SMILES string of the molecule is CCCCCCCCC1(CCCCCCCC)c2ccccc2-c2ccc(-c3sc(-c4scc5c4OCCO5)c4c3OCCO4)cc21. The Morgan fingerprint density at radius 3 is 1.89 bits per heavy atom. The lowest BCUT2D eigenvalue weighted by Gasteiger charge is -2.33. The Bertz CT molecular complexity index is 1630. The van der Waals surface area contributed by atoms with Gasteiger partial charge in [0, 0.05) is 10.8 Å². The number of unbranched alkanes of at least 4 members (excludes halogenated alkanes) is 10. The zero-order valence-electron chi connectivity index (χ0n) is 28.3. The molecule has 0 unspecified atom stereocenters. The van der Waals surface area contributed by atoms with E-state index in [-0.39, 0.29) is 5.41 Å². The lowest BCUT2D eigenvalue weighted by molar-refractivity contribution is 0.172. The summed E-state index contributed by atoms with van der Waals surface area (Å²) in [4.78, 5) is 3.31. The molecule has 4 aromatic rings. The Morgan fingerprint density at radius 1 is 0.574 bits per heavy atom. The number of benzene rings is 2. The molecule has 0 atom stereocenters. The maximum atomic E-state index is 6.41. The van der Waals surface area contributed by atoms with Gasteiger partial charge in [-0.2, -0.15) is 0 Å². The van der Waals surface area contributed by atoms with Crippen molar-refractivity contribution in [2.24, 2.45) is 0 Å². The minimum Gasteiger partial charge on any atom is -0.485 e. The van der Waals surface area contributed by atoms with Gasteiger partial charge in [-0.25, -0.2) is 0 Å². The lowest BCUT2D eigenvalue weighted by atomic mass is 9.70. The minimum atomic E-state index is 0.0486. The molecular formula is C41H50O4S2. The smallest absolute Gasteiger partial charge is 0.181 e. The Labute approximate surface area is 289 Å². The van der Waals surface area contributed by atoms with Crippen molar-refractivity contribution in [3.8, 4) is 54.3 Å². The van der Waals surface area contributed by atoms with Gasteiger partial charge in [-0.1, -0.05) is 127 Å². The van der Waals surface area contributed by atoms with E-state index in [9.17, 15) is 0 Å². The molecule has 2 aromatic heterocycles. The van der Waals surface area contributed by atoms with Gasteiger partial charge in [0.25, 0.3) is 0 Å². The summed E-state index contributed by atoms with van der Waals surface area (Å²) in [5.41, 5.74) is 7.19. The third kappa shape index (κ3) is 6.45. The van der Waals surface area contributed by atoms with Gasteiger partial charge >= 0.3 is 0 Å². The van der Waals surface area contributed by atoms with E-state index in [0.29, 0.717) is 26.4 Å². The number of thiophene rings is 2. The topological polar surface area (TPSA) is 36.9 Å². The molecule has 250 valence electrons. The summed E-state index contributed by atoms with van der Waals surface area (Å²) in [5, 5.41) is 2.06. The first-order valence-corrected chi connectivity index (χ1v) is 20.0. The maximum Gasteiger partial charge on any atom is 0.181 e. The van der Waals surface area contributed by atoms with Crippen molar-refractivity contribution in [1.29, 1.82) is 0 Å². The fourth-order valence-corrected chi connectivity index (χ4v) is 10.2. The fraction of sp³-hybridized carbons (Fsp3) is 0.512. The summed E-state index contributed by atoms with van der Waals surface area (Å²) in [7, 11) is 0. The Hall–Kier alpha value is -2.96. The van der Waals surface area contributed by atoms with Crippen LogP contribution in [0, 0.1) is 0 Å². The van der Waals surface area contributed by atoms with Crippen LogP contribution in [0.15, 0.2) is 47.8 Å². The second kappa shape index (κ2) is 15.1. The molecule has 1 aliphatic carbocycles. The predicted octanol–water partition coefficient (Wildman–Crippen LogP) is 12.5. The van der Waals surface area contributed by atoms with E-state index in [1.54, 1.807) is 28.2 Å². The van der Waals surface area contributed by atoms with E-state index in [2.05, 4.69) is 61.7 Å². The highest BCUT2D eigenvalue weighted by atomic mass is 32.1. The molecule has 0 fully saturated rings. The molecule has 2 aliphatic heterocycles. The summed E-state index contributed by atoms with van der Waals surface area (Å²) in [6.45, 7) is 6.89. The van der Waals surface area contributed by atoms with Gasteiger partial charge in [0.2, 0.25) is 0 Å². The van der Waals surface area contributed by atoms with Gasteiger partial charge in [0.1, 0.15) is 26.4 Å². The van der Waals surface area contributed by atoms with E-state index in [4.69, 9.17) is 18.9 Å². The molecule has 0 spiro atoms. The van der Waals surface area contributed by atoms with Gasteiger partial charge < -0.3 is 18.9 Å². The normalized spacial score (nSPS) is 15.4. The van der Waals surface area contributed by atoms with Crippen molar-refractivity contribution in [3.63, 3.8) is 0 Å². The highest BCUT2D eigenvalue weighted by Gasteiger charge is 2.42. The standard InChI is InChI=1S/C41H50O4S2/c1-3-5-7-9-11-15-21-41(22-16-12-10-8-6-4-2)32-18-14-13-17-30(32)31-20-19-29(27-33(31)41)38-36-37(45-26-25-44-36)40(47-38)39-35-34(28-46-39)42-23-24-43-35/h13-14,17-20,27-28H,3-12,15-16,21-26H2,1-2H3. The fourth-order valence-electron chi connectivity index (χ4n) is 7.98. The molecule has 4 heterocycles. The van der Waals surface area contributed by atoms with Gasteiger partial charge in [0.05, 0.1) is 14.6 Å². The van der Waals surface area contributed by atoms with Crippen LogP contribution in [0.3, 0.4) is 0 Å². The van der Waals surface area contributed by atoms with Crippen molar-refractivity contribution in [2.45, 2.75) is 109 Å². The third-order valence-electron chi connectivity index (χ3n) is 10.4. The number of fused-ring (bicyclic) bond motifs is 5. The highest BCUT2D eigenvalue weighted by Crippen LogP contribution is 2.60. The van der Waals surface area contributed by atoms with Gasteiger partial charge in [-0.15, -0.1) is 22.7 Å². The van der Waals surface area contributed by atoms with Crippen LogP contribution in [0.25, 0.3) is 31.3 Å². The van der Waals surface area contributed by atoms with Crippen LogP contribution in [0.1, 0.15) is 115 Å². The van der Waals surface area contributed by atoms with Crippen LogP contribution < -0.4 is 18.9 Å². The minimum absolute atomic E-state index is 0.0486. The number of hydrogen-bond donors (Lipinski definition) is 0. The van der Waals surface area contributed by atoms with Crippen molar-refractivity contribution >= 4 is 22.7 Å². The molecule has 0 bridgehead atoms. The van der Waals surface area contributed by atoms with E-state index in [0.717, 1.165) is 37.6 Å². The second-order valence-corrected chi connectivity index (χ2v) is 15.4. The second-order valence-electron chi connectivity index (χ2n) is 13.5. The lowest BCUT2D eigenvalue weighted by Crippen LogP contribution is -2.25. The van der Waals surface area contributed by atoms with Crippen LogP contribution in [0.5, 0.6) is 23.0 Å². The predicted molar refractivity (Wildman–Crippen MR) is 197 cm³/mol. The number of rotatable bonds is 16. The molecule has 0 amide bonds. The van der Waals surface area contributed by atoms with E-state index in [1.165, 1.54) is 112 Å². The first-order valence-electron chi connectivity index (χ1n) is 18.3. The molecule has 0 N–H and O–H groups in total. The van der Waals surface area contributed by atoms with Gasteiger partial charge in [0.15, 0.2) is 23.0 Å². The molecule has 2 aromatic carbocycles. The van der Waals surface area contributed by atoms with Crippen LogP contribution in [-0.2, 0) is 5.41 Å². The summed E-state index contributed by atoms with van der Waals surface area (Å²) in [6, 6.07) is 16.5. The van der Waals surface area contributed by atoms with Crippen LogP contribution in [-0.4, -0.2) is 26.4 Å². The number of ether oxygens (including phenoxy) is 4. The molecule has 0 saturated carbocycles. The van der Waals surface area contributed by atoms with Gasteiger partial charge in [-0.05, 0) is 46.7 Å². The molecule has 3 aliphatic rings. The van der Waals surface area contributed by atoms with Crippen molar-refractivity contribution in [1.82, 2.24) is 0 Å². The molecule has 0 radical (unpaired) electrons. The zero-order valence-corrected chi connectivity index (χ0v) is 29.9. The van der Waals surface area contributed by atoms with E-state index >= 15 is 0 Å². The average Bonchev–Trinajstić information content (AvgIpc) is 3.79. The maximum absolute atomic E-state index is 6.41. The summed E-state index contributed by atoms with van der Waals surface area (Å²) in [5.74, 6) is 3.40. The first-order chi connectivity index (χ1) is 23.2. The third-order valence-corrected chi connectivity index (χ3v) is 12.7. The molecule has 47 heavy (non-hydrogen) atoms. The van der Waals surface area contributed by atoms with Crippen molar-refractivity contribution < 1.29 is 18.9 Å². The monoisotopic (exact) mass is 670 g/mol. The van der Waals surface area contributed by atoms with E-state index in [1.807, 2.05) is 0 Å². The van der Waals surface area contributed by atoms with Crippen LogP contribution >= 0.6 is 22.7 Å². The van der Waals surface area contributed by atoms with Crippen molar-refractivity contribution in [2.75, 3.05) is 26.4 Å². The molecule has 0 saturated heterocycles. The average molecular weight is 671 g/mol. The Kier molecular flexibility index (Phi) is 10.4. The molecule has 7 rings (SSSR count). The van der Waals surface area contributed by atoms with E-state index < -0.39 is 0 Å².